The molecule has 0 bridgehead atoms. The minimum atomic E-state index is 0.773. The molecular formula is C11H17N3. The molecule has 0 radical (unpaired) electrons. The first-order chi connectivity index (χ1) is 6.65. The van der Waals surface area contributed by atoms with Crippen LogP contribution < -0.4 is 10.6 Å². The quantitative estimate of drug-likeness (QED) is 0.525. The molecule has 0 aliphatic rings. The molecule has 2 N–H and O–H groups in total. The molecule has 3 heteroatoms. The summed E-state index contributed by atoms with van der Waals surface area (Å²) < 4.78 is 0. The van der Waals surface area contributed by atoms with Gasteiger partial charge in [0.05, 0.1) is 0 Å². The van der Waals surface area contributed by atoms with E-state index in [9.17, 15) is 0 Å². The van der Waals surface area contributed by atoms with E-state index in [1.165, 1.54) is 11.1 Å². The second kappa shape index (κ2) is 4.65. The fraction of sp³-hybridized carbons (Fsp3) is 0.364. The van der Waals surface area contributed by atoms with Gasteiger partial charge in [0.2, 0.25) is 0 Å². The minimum Gasteiger partial charge on any atom is -0.359 e. The van der Waals surface area contributed by atoms with Gasteiger partial charge in [-0.15, -0.1) is 0 Å². The molecule has 0 aromatic heterocycles. The summed E-state index contributed by atoms with van der Waals surface area (Å²) in [6.45, 7) is 4.17. The zero-order valence-electron chi connectivity index (χ0n) is 9.18. The van der Waals surface area contributed by atoms with Gasteiger partial charge in [-0.3, -0.25) is 4.99 Å². The number of benzene rings is 1. The predicted octanol–water partition coefficient (Wildman–Crippen LogP) is 1.92. The number of nitrogens with zero attached hydrogens (tertiary/aromatic N) is 1. The van der Waals surface area contributed by atoms with Gasteiger partial charge >= 0.3 is 0 Å². The molecule has 0 saturated carbocycles. The number of aryl methyl sites for hydroxylation is 2. The number of guanidine groups is 1. The van der Waals surface area contributed by atoms with Gasteiger partial charge in [-0.1, -0.05) is 6.07 Å². The zero-order chi connectivity index (χ0) is 10.6. The van der Waals surface area contributed by atoms with Crippen LogP contribution in [-0.4, -0.2) is 20.1 Å². The van der Waals surface area contributed by atoms with Gasteiger partial charge in [0.1, 0.15) is 0 Å². The zero-order valence-corrected chi connectivity index (χ0v) is 9.18. The monoisotopic (exact) mass is 191 g/mol. The lowest BCUT2D eigenvalue weighted by molar-refractivity contribution is 1.14. The normalized spacial score (nSPS) is 11.3. The lowest BCUT2D eigenvalue weighted by atomic mass is 10.1. The Hall–Kier alpha value is -1.51. The number of aliphatic imine (C=N–C) groups is 1. The molecule has 76 valence electrons. The van der Waals surface area contributed by atoms with Crippen LogP contribution in [-0.2, 0) is 0 Å². The molecular weight excluding hydrogens is 174 g/mol. The molecule has 0 amide bonds. The van der Waals surface area contributed by atoms with Crippen molar-refractivity contribution >= 4 is 11.6 Å². The van der Waals surface area contributed by atoms with Gasteiger partial charge in [0, 0.05) is 19.8 Å². The summed E-state index contributed by atoms with van der Waals surface area (Å²) in [5, 5.41) is 6.18. The SMILES string of the molecule is CN=C(NC)Nc1cc(C)cc(C)c1. The highest BCUT2D eigenvalue weighted by Gasteiger charge is 1.97. The summed E-state index contributed by atoms with van der Waals surface area (Å²) in [5.41, 5.74) is 3.57. The highest BCUT2D eigenvalue weighted by atomic mass is 15.2. The molecule has 1 aromatic rings. The van der Waals surface area contributed by atoms with Crippen molar-refractivity contribution in [1.82, 2.24) is 5.32 Å². The Bertz CT molecular complexity index is 322. The standard InChI is InChI=1S/C11H17N3/c1-8-5-9(2)7-10(6-8)14-11(12-3)13-4/h5-7H,1-4H3,(H2,12,13,14). The van der Waals surface area contributed by atoms with E-state index in [4.69, 9.17) is 0 Å². The van der Waals surface area contributed by atoms with Crippen LogP contribution in [0.2, 0.25) is 0 Å². The van der Waals surface area contributed by atoms with Crippen LogP contribution in [0.1, 0.15) is 11.1 Å². The Kier molecular flexibility index (Phi) is 3.51. The maximum absolute atomic E-state index is 4.06. The van der Waals surface area contributed by atoms with Gasteiger partial charge in [-0.2, -0.15) is 0 Å². The number of rotatable bonds is 1. The fourth-order valence-corrected chi connectivity index (χ4v) is 1.41. The highest BCUT2D eigenvalue weighted by Crippen LogP contribution is 2.13. The molecule has 0 aliphatic carbocycles. The van der Waals surface area contributed by atoms with Crippen molar-refractivity contribution in [2.45, 2.75) is 13.8 Å². The fourth-order valence-electron chi connectivity index (χ4n) is 1.41. The molecule has 0 fully saturated rings. The number of anilines is 1. The van der Waals surface area contributed by atoms with E-state index in [1.807, 2.05) is 7.05 Å². The smallest absolute Gasteiger partial charge is 0.195 e. The number of hydrogen-bond acceptors (Lipinski definition) is 1. The van der Waals surface area contributed by atoms with Crippen molar-refractivity contribution in [2.24, 2.45) is 4.99 Å². The Morgan fingerprint density at radius 2 is 1.71 bits per heavy atom. The van der Waals surface area contributed by atoms with Gasteiger partial charge in [-0.05, 0) is 37.1 Å². The first-order valence-electron chi connectivity index (χ1n) is 4.65. The molecule has 0 aliphatic heterocycles. The first-order valence-corrected chi connectivity index (χ1v) is 4.65. The lowest BCUT2D eigenvalue weighted by Gasteiger charge is -2.09. The summed E-state index contributed by atoms with van der Waals surface area (Å²) in [5.74, 6) is 0.773. The average Bonchev–Trinajstić information content (AvgIpc) is 2.12. The van der Waals surface area contributed by atoms with E-state index in [0.717, 1.165) is 11.6 Å². The van der Waals surface area contributed by atoms with Gasteiger partial charge in [0.25, 0.3) is 0 Å². The maximum atomic E-state index is 4.06. The third kappa shape index (κ3) is 2.76. The summed E-state index contributed by atoms with van der Waals surface area (Å²) in [4.78, 5) is 4.06. The van der Waals surface area contributed by atoms with Crippen LogP contribution in [0, 0.1) is 13.8 Å². The van der Waals surface area contributed by atoms with Crippen molar-refractivity contribution in [2.75, 3.05) is 19.4 Å². The molecule has 0 unspecified atom stereocenters. The minimum absolute atomic E-state index is 0.773. The molecule has 3 nitrogen and oxygen atoms in total. The molecule has 0 saturated heterocycles. The van der Waals surface area contributed by atoms with E-state index in [-0.39, 0.29) is 0 Å². The van der Waals surface area contributed by atoms with Crippen LogP contribution in [0.25, 0.3) is 0 Å². The Balaban J connectivity index is 2.86. The first kappa shape index (κ1) is 10.6. The second-order valence-corrected chi connectivity index (χ2v) is 3.32. The molecule has 1 rings (SSSR count). The van der Waals surface area contributed by atoms with Gasteiger partial charge in [-0.25, -0.2) is 0 Å². The average molecular weight is 191 g/mol. The summed E-state index contributed by atoms with van der Waals surface area (Å²) in [6.07, 6.45) is 0. The van der Waals surface area contributed by atoms with E-state index in [0.29, 0.717) is 0 Å². The summed E-state index contributed by atoms with van der Waals surface area (Å²) in [6, 6.07) is 6.33. The predicted molar refractivity (Wildman–Crippen MR) is 62.0 cm³/mol. The van der Waals surface area contributed by atoms with Crippen molar-refractivity contribution in [1.29, 1.82) is 0 Å². The van der Waals surface area contributed by atoms with Crippen LogP contribution >= 0.6 is 0 Å². The number of nitrogens with one attached hydrogen (secondary N) is 2. The lowest BCUT2D eigenvalue weighted by Crippen LogP contribution is -2.26. The van der Waals surface area contributed by atoms with Gasteiger partial charge in [0.15, 0.2) is 5.96 Å². The van der Waals surface area contributed by atoms with Crippen LogP contribution in [0.4, 0.5) is 5.69 Å². The van der Waals surface area contributed by atoms with E-state index in [1.54, 1.807) is 7.05 Å². The Morgan fingerprint density at radius 3 is 2.14 bits per heavy atom. The van der Waals surface area contributed by atoms with Gasteiger partial charge < -0.3 is 10.6 Å². The largest absolute Gasteiger partial charge is 0.359 e. The topological polar surface area (TPSA) is 36.4 Å². The third-order valence-electron chi connectivity index (χ3n) is 1.94. The van der Waals surface area contributed by atoms with E-state index >= 15 is 0 Å². The molecule has 0 heterocycles. The third-order valence-corrected chi connectivity index (χ3v) is 1.94. The maximum Gasteiger partial charge on any atom is 0.195 e. The van der Waals surface area contributed by atoms with Crippen molar-refractivity contribution in [3.63, 3.8) is 0 Å². The Labute approximate surface area is 85.3 Å². The summed E-state index contributed by atoms with van der Waals surface area (Å²) in [7, 11) is 3.60. The molecule has 0 atom stereocenters. The van der Waals surface area contributed by atoms with E-state index in [2.05, 4.69) is 47.7 Å². The van der Waals surface area contributed by atoms with Crippen LogP contribution in [0.15, 0.2) is 23.2 Å². The van der Waals surface area contributed by atoms with Crippen molar-refractivity contribution in [3.8, 4) is 0 Å². The van der Waals surface area contributed by atoms with Crippen molar-refractivity contribution in [3.05, 3.63) is 29.3 Å². The Morgan fingerprint density at radius 1 is 1.14 bits per heavy atom. The molecule has 1 aromatic carbocycles. The number of hydrogen-bond donors (Lipinski definition) is 2. The molecule has 0 spiro atoms. The molecule has 14 heavy (non-hydrogen) atoms. The second-order valence-electron chi connectivity index (χ2n) is 3.32. The highest BCUT2D eigenvalue weighted by molar-refractivity contribution is 5.93. The van der Waals surface area contributed by atoms with E-state index < -0.39 is 0 Å². The van der Waals surface area contributed by atoms with Crippen LogP contribution in [0.3, 0.4) is 0 Å². The summed E-state index contributed by atoms with van der Waals surface area (Å²) >= 11 is 0. The van der Waals surface area contributed by atoms with Crippen LogP contribution in [0.5, 0.6) is 0 Å². The van der Waals surface area contributed by atoms with Crippen molar-refractivity contribution < 1.29 is 0 Å².